The van der Waals surface area contributed by atoms with Crippen LogP contribution in [0.25, 0.3) is 0 Å². The molecule has 0 bridgehead atoms. The molecule has 22 heavy (non-hydrogen) atoms. The number of carbonyl (C=O) groups is 2. The quantitative estimate of drug-likeness (QED) is 0.758. The van der Waals surface area contributed by atoms with Gasteiger partial charge in [0, 0.05) is 10.8 Å². The molecule has 3 rings (SSSR count). The predicted molar refractivity (Wildman–Crippen MR) is 85.7 cm³/mol. The molecule has 3 unspecified atom stereocenters. The molecule has 1 aromatic carbocycles. The molecule has 2 saturated carbocycles. The molecule has 0 saturated heterocycles. The predicted octanol–water partition coefficient (Wildman–Crippen LogP) is 3.09. The van der Waals surface area contributed by atoms with E-state index in [1.54, 1.807) is 11.8 Å². The maximum absolute atomic E-state index is 12.3. The van der Waals surface area contributed by atoms with Crippen LogP contribution in [0.3, 0.4) is 0 Å². The first-order valence-corrected chi connectivity index (χ1v) is 8.97. The van der Waals surface area contributed by atoms with Crippen LogP contribution < -0.4 is 5.32 Å². The summed E-state index contributed by atoms with van der Waals surface area (Å²) < 4.78 is 0. The van der Waals surface area contributed by atoms with Gasteiger partial charge in [-0.1, -0.05) is 12.1 Å². The van der Waals surface area contributed by atoms with Crippen molar-refractivity contribution in [3.8, 4) is 0 Å². The molecule has 1 aromatic rings. The van der Waals surface area contributed by atoms with E-state index in [0.29, 0.717) is 5.92 Å². The van der Waals surface area contributed by atoms with Crippen LogP contribution in [0, 0.1) is 17.8 Å². The van der Waals surface area contributed by atoms with E-state index in [1.807, 2.05) is 30.5 Å². The number of thioether (sulfide) groups is 1. The van der Waals surface area contributed by atoms with Crippen molar-refractivity contribution in [2.75, 3.05) is 6.26 Å². The van der Waals surface area contributed by atoms with Gasteiger partial charge in [0.25, 0.3) is 0 Å². The second kappa shape index (κ2) is 6.32. The molecule has 2 N–H and O–H groups in total. The summed E-state index contributed by atoms with van der Waals surface area (Å²) in [6, 6.07) is 7.30. The Morgan fingerprint density at radius 3 is 2.55 bits per heavy atom. The molecular formula is C17H21NO3S. The highest BCUT2D eigenvalue weighted by molar-refractivity contribution is 7.98. The maximum atomic E-state index is 12.3. The van der Waals surface area contributed by atoms with E-state index >= 15 is 0 Å². The molecule has 1 amide bonds. The van der Waals surface area contributed by atoms with Gasteiger partial charge >= 0.3 is 5.97 Å². The summed E-state index contributed by atoms with van der Waals surface area (Å²) in [5, 5.41) is 12.1. The Balaban J connectivity index is 1.65. The standard InChI is InChI=1S/C17H21NO3S/c1-22-12-6-4-11(5-7-12)15(9-16(19)20)18-17(21)14-8-13(14)10-2-3-10/h4-7,10,13-15H,2-3,8-9H2,1H3,(H,18,21)(H,19,20). The first-order valence-electron chi connectivity index (χ1n) is 7.74. The molecule has 0 aliphatic heterocycles. The monoisotopic (exact) mass is 319 g/mol. The third-order valence-corrected chi connectivity index (χ3v) is 5.36. The van der Waals surface area contributed by atoms with Gasteiger partial charge in [-0.15, -0.1) is 11.8 Å². The van der Waals surface area contributed by atoms with Crippen molar-refractivity contribution in [1.82, 2.24) is 5.32 Å². The highest BCUT2D eigenvalue weighted by atomic mass is 32.2. The zero-order valence-electron chi connectivity index (χ0n) is 12.6. The number of benzene rings is 1. The fourth-order valence-corrected chi connectivity index (χ4v) is 3.51. The van der Waals surface area contributed by atoms with Gasteiger partial charge in [0.1, 0.15) is 0 Å². The minimum absolute atomic E-state index is 0.0251. The fraction of sp³-hybridized carbons (Fsp3) is 0.529. The van der Waals surface area contributed by atoms with Crippen molar-refractivity contribution in [3.63, 3.8) is 0 Å². The summed E-state index contributed by atoms with van der Waals surface area (Å²) in [5.74, 6) is 0.527. The lowest BCUT2D eigenvalue weighted by Gasteiger charge is -2.18. The lowest BCUT2D eigenvalue weighted by atomic mass is 10.0. The van der Waals surface area contributed by atoms with Crippen molar-refractivity contribution >= 4 is 23.6 Å². The second-order valence-corrected chi connectivity index (χ2v) is 7.16. The summed E-state index contributed by atoms with van der Waals surface area (Å²) in [7, 11) is 0. The van der Waals surface area contributed by atoms with E-state index in [0.717, 1.165) is 22.8 Å². The van der Waals surface area contributed by atoms with E-state index in [1.165, 1.54) is 12.8 Å². The van der Waals surface area contributed by atoms with Gasteiger partial charge < -0.3 is 10.4 Å². The zero-order chi connectivity index (χ0) is 15.7. The van der Waals surface area contributed by atoms with Gasteiger partial charge in [-0.05, 0) is 55.1 Å². The van der Waals surface area contributed by atoms with E-state index in [4.69, 9.17) is 5.11 Å². The Morgan fingerprint density at radius 2 is 2.00 bits per heavy atom. The number of aliphatic carboxylic acids is 1. The molecule has 0 aromatic heterocycles. The van der Waals surface area contributed by atoms with Crippen molar-refractivity contribution in [3.05, 3.63) is 29.8 Å². The SMILES string of the molecule is CSc1ccc(C(CC(=O)O)NC(=O)C2CC2C2CC2)cc1. The third kappa shape index (κ3) is 3.64. The Hall–Kier alpha value is -1.49. The first kappa shape index (κ1) is 15.4. The maximum Gasteiger partial charge on any atom is 0.305 e. The molecule has 2 aliphatic rings. The fourth-order valence-electron chi connectivity index (χ4n) is 3.10. The highest BCUT2D eigenvalue weighted by Gasteiger charge is 2.51. The number of carbonyl (C=O) groups excluding carboxylic acids is 1. The summed E-state index contributed by atoms with van der Waals surface area (Å²) in [6.45, 7) is 0. The van der Waals surface area contributed by atoms with Crippen molar-refractivity contribution < 1.29 is 14.7 Å². The Bertz CT molecular complexity index is 568. The van der Waals surface area contributed by atoms with Crippen molar-refractivity contribution in [1.29, 1.82) is 0 Å². The number of rotatable bonds is 7. The third-order valence-electron chi connectivity index (χ3n) is 4.62. The molecule has 0 spiro atoms. The zero-order valence-corrected chi connectivity index (χ0v) is 13.4. The lowest BCUT2D eigenvalue weighted by Crippen LogP contribution is -2.31. The normalized spacial score (nSPS) is 24.6. The number of amides is 1. The number of nitrogens with one attached hydrogen (secondary N) is 1. The van der Waals surface area contributed by atoms with Crippen molar-refractivity contribution in [2.45, 2.75) is 36.6 Å². The summed E-state index contributed by atoms with van der Waals surface area (Å²) >= 11 is 1.64. The number of carboxylic acid groups (broad SMARTS) is 1. The first-order chi connectivity index (χ1) is 10.6. The van der Waals surface area contributed by atoms with Crippen molar-refractivity contribution in [2.24, 2.45) is 17.8 Å². The van der Waals surface area contributed by atoms with Crippen LogP contribution in [0.15, 0.2) is 29.2 Å². The van der Waals surface area contributed by atoms with E-state index in [2.05, 4.69) is 5.32 Å². The van der Waals surface area contributed by atoms with Gasteiger partial charge in [0.2, 0.25) is 5.91 Å². The lowest BCUT2D eigenvalue weighted by molar-refractivity contribution is -0.137. The average molecular weight is 319 g/mol. The Labute approximate surface area is 134 Å². The number of carboxylic acids is 1. The Morgan fingerprint density at radius 1 is 1.32 bits per heavy atom. The highest BCUT2D eigenvalue weighted by Crippen LogP contribution is 2.54. The van der Waals surface area contributed by atoms with E-state index in [-0.39, 0.29) is 18.2 Å². The Kier molecular flexibility index (Phi) is 4.43. The van der Waals surface area contributed by atoms with E-state index in [9.17, 15) is 9.59 Å². The molecular weight excluding hydrogens is 298 g/mol. The van der Waals surface area contributed by atoms with Gasteiger partial charge in [-0.3, -0.25) is 9.59 Å². The second-order valence-electron chi connectivity index (χ2n) is 6.28. The molecule has 4 nitrogen and oxygen atoms in total. The van der Waals surface area contributed by atoms with Gasteiger partial charge in [0.05, 0.1) is 12.5 Å². The smallest absolute Gasteiger partial charge is 0.305 e. The summed E-state index contributed by atoms with van der Waals surface area (Å²) in [5.41, 5.74) is 0.858. The van der Waals surface area contributed by atoms with Crippen LogP contribution in [0.5, 0.6) is 0 Å². The van der Waals surface area contributed by atoms with Crippen LogP contribution in [0.2, 0.25) is 0 Å². The van der Waals surface area contributed by atoms with E-state index < -0.39 is 12.0 Å². The molecule has 3 atom stereocenters. The van der Waals surface area contributed by atoms with Crippen LogP contribution in [-0.4, -0.2) is 23.2 Å². The minimum Gasteiger partial charge on any atom is -0.481 e. The average Bonchev–Trinajstić information content (AvgIpc) is 3.38. The number of hydrogen-bond donors (Lipinski definition) is 2. The summed E-state index contributed by atoms with van der Waals surface area (Å²) in [6.07, 6.45) is 5.40. The minimum atomic E-state index is -0.895. The topological polar surface area (TPSA) is 66.4 Å². The van der Waals surface area contributed by atoms with Gasteiger partial charge in [0.15, 0.2) is 0 Å². The molecule has 0 radical (unpaired) electrons. The molecule has 5 heteroatoms. The van der Waals surface area contributed by atoms with Crippen LogP contribution in [0.4, 0.5) is 0 Å². The van der Waals surface area contributed by atoms with Gasteiger partial charge in [-0.2, -0.15) is 0 Å². The van der Waals surface area contributed by atoms with Crippen LogP contribution in [-0.2, 0) is 9.59 Å². The molecule has 118 valence electrons. The summed E-state index contributed by atoms with van der Waals surface area (Å²) in [4.78, 5) is 24.6. The molecule has 0 heterocycles. The number of hydrogen-bond acceptors (Lipinski definition) is 3. The molecule has 2 aliphatic carbocycles. The van der Waals surface area contributed by atoms with Crippen LogP contribution in [0.1, 0.15) is 37.3 Å². The van der Waals surface area contributed by atoms with Crippen LogP contribution >= 0.6 is 11.8 Å². The molecule has 2 fully saturated rings. The largest absolute Gasteiger partial charge is 0.481 e. The van der Waals surface area contributed by atoms with Gasteiger partial charge in [-0.25, -0.2) is 0 Å².